The molecular weight excluding hydrogens is 350 g/mol. The molecule has 2 heterocycles. The van der Waals surface area contributed by atoms with E-state index in [0.717, 1.165) is 21.1 Å². The van der Waals surface area contributed by atoms with Crippen LogP contribution in [0.5, 0.6) is 0 Å². The Morgan fingerprint density at radius 3 is 2.91 bits per heavy atom. The Morgan fingerprint density at radius 1 is 1.45 bits per heavy atom. The van der Waals surface area contributed by atoms with Crippen molar-refractivity contribution in [3.05, 3.63) is 33.4 Å². The van der Waals surface area contributed by atoms with Crippen molar-refractivity contribution in [2.24, 2.45) is 5.73 Å². The van der Waals surface area contributed by atoms with Crippen LogP contribution in [-0.2, 0) is 22.5 Å². The van der Waals surface area contributed by atoms with Crippen LogP contribution in [0.15, 0.2) is 16.6 Å². The zero-order chi connectivity index (χ0) is 15.9. The van der Waals surface area contributed by atoms with Gasteiger partial charge in [0.05, 0.1) is 17.7 Å². The van der Waals surface area contributed by atoms with E-state index in [-0.39, 0.29) is 12.0 Å². The third-order valence-corrected chi connectivity index (χ3v) is 4.53. The number of ether oxygens (including phenoxy) is 1. The molecule has 4 N–H and O–H groups in total. The molecular formula is C15H16BrN3O3. The van der Waals surface area contributed by atoms with Crippen molar-refractivity contribution in [2.45, 2.75) is 25.9 Å². The van der Waals surface area contributed by atoms with Crippen LogP contribution in [0.1, 0.15) is 28.5 Å². The van der Waals surface area contributed by atoms with Gasteiger partial charge in [-0.1, -0.05) is 15.9 Å². The lowest BCUT2D eigenvalue weighted by molar-refractivity contribution is -0.145. The lowest BCUT2D eigenvalue weighted by atomic mass is 9.97. The fourth-order valence-corrected chi connectivity index (χ4v) is 3.44. The molecule has 7 heteroatoms. The number of primary amides is 1. The Kier molecular flexibility index (Phi) is 3.92. The van der Waals surface area contributed by atoms with Crippen molar-refractivity contribution >= 4 is 38.7 Å². The summed E-state index contributed by atoms with van der Waals surface area (Å²) in [5.41, 5.74) is 8.57. The second kappa shape index (κ2) is 5.73. The topological polar surface area (TPSA) is 97.2 Å². The normalized spacial score (nSPS) is 17.3. The molecule has 1 aliphatic heterocycles. The molecule has 6 nitrogen and oxygen atoms in total. The molecule has 1 amide bonds. The lowest BCUT2D eigenvalue weighted by Gasteiger charge is -2.22. The number of fused-ring (bicyclic) bond motifs is 3. The molecule has 1 unspecified atom stereocenters. The number of carbonyl (C=O) groups is 2. The minimum Gasteiger partial charge on any atom is -0.465 e. The number of amides is 1. The Labute approximate surface area is 135 Å². The number of H-pyrrole nitrogens is 1. The molecule has 0 aliphatic carbocycles. The summed E-state index contributed by atoms with van der Waals surface area (Å²) in [5.74, 6) is -0.740. The molecule has 0 saturated carbocycles. The molecule has 0 spiro atoms. The third-order valence-electron chi connectivity index (χ3n) is 3.87. The van der Waals surface area contributed by atoms with Gasteiger partial charge in [0.15, 0.2) is 0 Å². The van der Waals surface area contributed by atoms with Crippen molar-refractivity contribution in [3.63, 3.8) is 0 Å². The fourth-order valence-electron chi connectivity index (χ4n) is 2.87. The van der Waals surface area contributed by atoms with Crippen molar-refractivity contribution in [2.75, 3.05) is 6.61 Å². The van der Waals surface area contributed by atoms with E-state index < -0.39 is 5.91 Å². The molecule has 3 rings (SSSR count). The predicted octanol–water partition coefficient (Wildman–Crippen LogP) is 1.61. The number of aromatic nitrogens is 1. The molecule has 0 saturated heterocycles. The van der Waals surface area contributed by atoms with Gasteiger partial charge < -0.3 is 15.5 Å². The van der Waals surface area contributed by atoms with Gasteiger partial charge in [0.2, 0.25) is 0 Å². The van der Waals surface area contributed by atoms with Crippen LogP contribution in [0.25, 0.3) is 10.9 Å². The first-order chi connectivity index (χ1) is 10.5. The number of nitrogens with one attached hydrogen (secondary N) is 2. The summed E-state index contributed by atoms with van der Waals surface area (Å²) in [4.78, 5) is 26.8. The Hall–Kier alpha value is -1.86. The van der Waals surface area contributed by atoms with Gasteiger partial charge in [-0.2, -0.15) is 0 Å². The first-order valence-electron chi connectivity index (χ1n) is 7.04. The summed E-state index contributed by atoms with van der Waals surface area (Å²) < 4.78 is 5.95. The van der Waals surface area contributed by atoms with Gasteiger partial charge in [-0.15, -0.1) is 0 Å². The van der Waals surface area contributed by atoms with E-state index in [1.54, 1.807) is 19.1 Å². The van der Waals surface area contributed by atoms with Crippen LogP contribution in [0.4, 0.5) is 0 Å². The second-order valence-corrected chi connectivity index (χ2v) is 6.04. The van der Waals surface area contributed by atoms with Crippen LogP contribution in [0.2, 0.25) is 0 Å². The number of hydrogen-bond donors (Lipinski definition) is 3. The maximum Gasteiger partial charge on any atom is 0.323 e. The Bertz CT molecular complexity index is 769. The minimum atomic E-state index is -0.481. The number of halogens is 1. The summed E-state index contributed by atoms with van der Waals surface area (Å²) in [6.07, 6.45) is 0.509. The van der Waals surface area contributed by atoms with Crippen LogP contribution in [0.3, 0.4) is 0 Å². The molecule has 22 heavy (non-hydrogen) atoms. The first kappa shape index (κ1) is 15.1. The maximum absolute atomic E-state index is 11.9. The van der Waals surface area contributed by atoms with Crippen LogP contribution < -0.4 is 11.1 Å². The zero-order valence-corrected chi connectivity index (χ0v) is 13.6. The molecule has 1 atom stereocenters. The number of esters is 1. The van der Waals surface area contributed by atoms with Gasteiger partial charge in [0.25, 0.3) is 5.91 Å². The largest absolute Gasteiger partial charge is 0.465 e. The van der Waals surface area contributed by atoms with E-state index in [0.29, 0.717) is 30.7 Å². The summed E-state index contributed by atoms with van der Waals surface area (Å²) in [7, 11) is 0. The molecule has 0 fully saturated rings. The van der Waals surface area contributed by atoms with Gasteiger partial charge >= 0.3 is 5.97 Å². The summed E-state index contributed by atoms with van der Waals surface area (Å²) in [5, 5.41) is 4.06. The average molecular weight is 366 g/mol. The van der Waals surface area contributed by atoms with E-state index in [1.165, 1.54) is 0 Å². The van der Waals surface area contributed by atoms with Crippen LogP contribution in [0, 0.1) is 0 Å². The summed E-state index contributed by atoms with van der Waals surface area (Å²) in [6, 6.07) is 3.11. The lowest BCUT2D eigenvalue weighted by Crippen LogP contribution is -2.42. The van der Waals surface area contributed by atoms with Crippen molar-refractivity contribution in [1.82, 2.24) is 10.3 Å². The van der Waals surface area contributed by atoms with Crippen molar-refractivity contribution < 1.29 is 14.3 Å². The van der Waals surface area contributed by atoms with E-state index in [9.17, 15) is 9.59 Å². The SMILES string of the molecule is CCOC(=O)C1Cc2c([nH]c3c(C(N)=O)ccc(Br)c23)CN1. The third kappa shape index (κ3) is 2.40. The molecule has 1 aromatic heterocycles. The van der Waals surface area contributed by atoms with Crippen LogP contribution in [-0.4, -0.2) is 29.5 Å². The molecule has 2 aromatic rings. The molecule has 1 aromatic carbocycles. The van der Waals surface area contributed by atoms with Gasteiger partial charge in [-0.3, -0.25) is 14.9 Å². The quantitative estimate of drug-likeness (QED) is 0.719. The zero-order valence-electron chi connectivity index (χ0n) is 12.0. The van der Waals surface area contributed by atoms with Gasteiger partial charge in [-0.05, 0) is 24.6 Å². The number of benzene rings is 1. The van der Waals surface area contributed by atoms with Gasteiger partial charge in [-0.25, -0.2) is 0 Å². The van der Waals surface area contributed by atoms with E-state index >= 15 is 0 Å². The number of aromatic amines is 1. The standard InChI is InChI=1S/C15H16BrN3O3/c1-2-22-15(21)10-5-8-11(6-18-10)19-13-7(14(17)20)3-4-9(16)12(8)13/h3-4,10,18-19H,2,5-6H2,1H3,(H2,17,20). The van der Waals surface area contributed by atoms with Crippen LogP contribution >= 0.6 is 15.9 Å². The Balaban J connectivity index is 2.09. The van der Waals surface area contributed by atoms with E-state index in [1.807, 2.05) is 0 Å². The second-order valence-electron chi connectivity index (χ2n) is 5.18. The van der Waals surface area contributed by atoms with Gasteiger partial charge in [0.1, 0.15) is 6.04 Å². The number of carbonyl (C=O) groups excluding carboxylic acids is 2. The summed E-state index contributed by atoms with van der Waals surface area (Å²) in [6.45, 7) is 2.65. The maximum atomic E-state index is 11.9. The number of rotatable bonds is 3. The highest BCUT2D eigenvalue weighted by Crippen LogP contribution is 2.34. The smallest absolute Gasteiger partial charge is 0.323 e. The van der Waals surface area contributed by atoms with Gasteiger partial charge in [0, 0.05) is 28.5 Å². The average Bonchev–Trinajstić information content (AvgIpc) is 2.86. The predicted molar refractivity (Wildman–Crippen MR) is 85.5 cm³/mol. The van der Waals surface area contributed by atoms with Crippen molar-refractivity contribution in [1.29, 1.82) is 0 Å². The molecule has 116 valence electrons. The molecule has 0 radical (unpaired) electrons. The number of nitrogens with two attached hydrogens (primary N) is 1. The highest BCUT2D eigenvalue weighted by Gasteiger charge is 2.29. The molecule has 0 bridgehead atoms. The fraction of sp³-hybridized carbons (Fsp3) is 0.333. The van der Waals surface area contributed by atoms with E-state index in [4.69, 9.17) is 10.5 Å². The Morgan fingerprint density at radius 2 is 2.23 bits per heavy atom. The number of hydrogen-bond acceptors (Lipinski definition) is 4. The highest BCUT2D eigenvalue weighted by atomic mass is 79.9. The monoisotopic (exact) mass is 365 g/mol. The minimum absolute atomic E-state index is 0.260. The van der Waals surface area contributed by atoms with Crippen molar-refractivity contribution in [3.8, 4) is 0 Å². The summed E-state index contributed by atoms with van der Waals surface area (Å²) >= 11 is 3.52. The molecule has 1 aliphatic rings. The first-order valence-corrected chi connectivity index (χ1v) is 7.84. The highest BCUT2D eigenvalue weighted by molar-refractivity contribution is 9.10. The van der Waals surface area contributed by atoms with E-state index in [2.05, 4.69) is 26.2 Å².